The highest BCUT2D eigenvalue weighted by Crippen LogP contribution is 2.28. The minimum atomic E-state index is -0.281. The third kappa shape index (κ3) is 3.92. The molecule has 1 unspecified atom stereocenters. The van der Waals surface area contributed by atoms with Crippen molar-refractivity contribution in [2.45, 2.75) is 12.5 Å². The van der Waals surface area contributed by atoms with Gasteiger partial charge in [-0.25, -0.2) is 4.39 Å². The molecule has 0 spiro atoms. The van der Waals surface area contributed by atoms with E-state index in [0.29, 0.717) is 17.0 Å². The molecular weight excluding hydrogens is 457 g/mol. The summed E-state index contributed by atoms with van der Waals surface area (Å²) in [4.78, 5) is 0. The Morgan fingerprint density at radius 3 is 2.75 bits per heavy atom. The van der Waals surface area contributed by atoms with E-state index in [9.17, 15) is 4.39 Å². The number of nitrogens with two attached hydrogens (primary N) is 1. The average molecular weight is 470 g/mol. The number of rotatable bonds is 4. The van der Waals surface area contributed by atoms with Crippen molar-refractivity contribution < 1.29 is 4.39 Å². The van der Waals surface area contributed by atoms with Crippen molar-refractivity contribution >= 4 is 50.1 Å². The Hall–Kier alpha value is -0.210. The molecule has 6 heteroatoms. The van der Waals surface area contributed by atoms with Crippen LogP contribution < -0.4 is 11.3 Å². The first kappa shape index (κ1) is 16.2. The van der Waals surface area contributed by atoms with E-state index >= 15 is 0 Å². The normalized spacial score (nSPS) is 12.4. The van der Waals surface area contributed by atoms with Gasteiger partial charge < -0.3 is 0 Å². The van der Waals surface area contributed by atoms with E-state index in [1.165, 1.54) is 12.1 Å². The van der Waals surface area contributed by atoms with E-state index in [1.807, 2.05) is 18.2 Å². The molecule has 1 atom stereocenters. The van der Waals surface area contributed by atoms with Crippen molar-refractivity contribution in [3.8, 4) is 0 Å². The summed E-state index contributed by atoms with van der Waals surface area (Å²) in [7, 11) is 0. The van der Waals surface area contributed by atoms with E-state index in [0.717, 1.165) is 13.6 Å². The fourth-order valence-corrected chi connectivity index (χ4v) is 3.19. The fraction of sp³-hybridized carbons (Fsp3) is 0.143. The molecule has 0 radical (unpaired) electrons. The molecule has 0 fully saturated rings. The van der Waals surface area contributed by atoms with Crippen molar-refractivity contribution in [3.63, 3.8) is 0 Å². The van der Waals surface area contributed by atoms with Gasteiger partial charge in [0, 0.05) is 13.1 Å². The molecule has 0 aliphatic rings. The fourth-order valence-electron chi connectivity index (χ4n) is 1.96. The summed E-state index contributed by atoms with van der Waals surface area (Å²) in [5.41, 5.74) is 4.26. The SMILES string of the molecule is NNC(Cc1cc(Cl)ccc1F)c1cc(I)ccc1Br. The summed E-state index contributed by atoms with van der Waals surface area (Å²) >= 11 is 11.6. The number of hydrazine groups is 1. The highest BCUT2D eigenvalue weighted by atomic mass is 127. The highest BCUT2D eigenvalue weighted by molar-refractivity contribution is 14.1. The van der Waals surface area contributed by atoms with E-state index in [-0.39, 0.29) is 11.9 Å². The van der Waals surface area contributed by atoms with Gasteiger partial charge in [-0.15, -0.1) is 0 Å². The van der Waals surface area contributed by atoms with Crippen LogP contribution in [0.25, 0.3) is 0 Å². The van der Waals surface area contributed by atoms with Gasteiger partial charge in [0.15, 0.2) is 0 Å². The second-order valence-electron chi connectivity index (χ2n) is 4.32. The molecule has 0 heterocycles. The molecule has 2 nitrogen and oxygen atoms in total. The summed E-state index contributed by atoms with van der Waals surface area (Å²) in [5.74, 6) is 5.35. The van der Waals surface area contributed by atoms with Crippen LogP contribution in [0.3, 0.4) is 0 Å². The Balaban J connectivity index is 2.33. The van der Waals surface area contributed by atoms with Crippen molar-refractivity contribution in [2.24, 2.45) is 5.84 Å². The standard InChI is InChI=1S/C14H12BrClFIN2/c15-12-3-2-10(18)7-11(12)14(20-19)6-8-5-9(16)1-4-13(8)17/h1-5,7,14,20H,6,19H2. The van der Waals surface area contributed by atoms with Crippen molar-refractivity contribution in [3.05, 3.63) is 66.4 Å². The zero-order chi connectivity index (χ0) is 14.7. The topological polar surface area (TPSA) is 38.0 Å². The summed E-state index contributed by atoms with van der Waals surface area (Å²) in [5, 5.41) is 0.513. The lowest BCUT2D eigenvalue weighted by Crippen LogP contribution is -2.30. The van der Waals surface area contributed by atoms with E-state index in [4.69, 9.17) is 17.4 Å². The Kier molecular flexibility index (Phi) is 5.80. The van der Waals surface area contributed by atoms with Crippen LogP contribution in [0.5, 0.6) is 0 Å². The van der Waals surface area contributed by atoms with Crippen LogP contribution in [-0.2, 0) is 6.42 Å². The van der Waals surface area contributed by atoms with Crippen LogP contribution in [0.15, 0.2) is 40.9 Å². The molecule has 2 aromatic rings. The first-order chi connectivity index (χ1) is 9.51. The zero-order valence-corrected chi connectivity index (χ0v) is 14.8. The third-order valence-electron chi connectivity index (χ3n) is 2.97. The first-order valence-electron chi connectivity index (χ1n) is 5.86. The molecule has 0 aliphatic carbocycles. The maximum absolute atomic E-state index is 13.8. The molecule has 2 aromatic carbocycles. The smallest absolute Gasteiger partial charge is 0.126 e. The van der Waals surface area contributed by atoms with Crippen LogP contribution in [0.1, 0.15) is 17.2 Å². The number of hydrogen-bond donors (Lipinski definition) is 2. The van der Waals surface area contributed by atoms with Crippen LogP contribution >= 0.6 is 50.1 Å². The first-order valence-corrected chi connectivity index (χ1v) is 8.11. The lowest BCUT2D eigenvalue weighted by molar-refractivity contribution is 0.527. The lowest BCUT2D eigenvalue weighted by atomic mass is 9.99. The van der Waals surface area contributed by atoms with Gasteiger partial charge in [-0.2, -0.15) is 0 Å². The second kappa shape index (κ2) is 7.17. The molecule has 2 rings (SSSR count). The van der Waals surface area contributed by atoms with Crippen molar-refractivity contribution in [1.82, 2.24) is 5.43 Å². The number of benzene rings is 2. The Bertz CT molecular complexity index is 624. The Morgan fingerprint density at radius 2 is 2.05 bits per heavy atom. The Labute approximate surface area is 144 Å². The van der Waals surface area contributed by atoms with E-state index in [2.05, 4.69) is 43.9 Å². The zero-order valence-electron chi connectivity index (χ0n) is 10.3. The van der Waals surface area contributed by atoms with Crippen LogP contribution in [-0.4, -0.2) is 0 Å². The maximum atomic E-state index is 13.8. The molecule has 0 aliphatic heterocycles. The minimum absolute atomic E-state index is 0.202. The van der Waals surface area contributed by atoms with Crippen molar-refractivity contribution in [1.29, 1.82) is 0 Å². The maximum Gasteiger partial charge on any atom is 0.126 e. The van der Waals surface area contributed by atoms with Gasteiger partial charge in [-0.1, -0.05) is 27.5 Å². The molecule has 0 amide bonds. The van der Waals surface area contributed by atoms with Gasteiger partial charge in [-0.3, -0.25) is 11.3 Å². The third-order valence-corrected chi connectivity index (χ3v) is 4.59. The average Bonchev–Trinajstić information content (AvgIpc) is 2.42. The van der Waals surface area contributed by atoms with Crippen molar-refractivity contribution in [2.75, 3.05) is 0 Å². The monoisotopic (exact) mass is 468 g/mol. The van der Waals surface area contributed by atoms with Gasteiger partial charge in [0.1, 0.15) is 5.82 Å². The van der Waals surface area contributed by atoms with Gasteiger partial charge in [0.25, 0.3) is 0 Å². The number of nitrogens with one attached hydrogen (secondary N) is 1. The van der Waals surface area contributed by atoms with E-state index in [1.54, 1.807) is 6.07 Å². The molecule has 0 aromatic heterocycles. The number of hydrogen-bond acceptors (Lipinski definition) is 2. The van der Waals surface area contributed by atoms with Gasteiger partial charge in [0.05, 0.1) is 6.04 Å². The second-order valence-corrected chi connectivity index (χ2v) is 6.86. The molecule has 3 N–H and O–H groups in total. The largest absolute Gasteiger partial charge is 0.271 e. The molecule has 0 saturated heterocycles. The molecule has 20 heavy (non-hydrogen) atoms. The molecular formula is C14H12BrClFIN2. The summed E-state index contributed by atoms with van der Waals surface area (Å²) in [6.45, 7) is 0. The van der Waals surface area contributed by atoms with Gasteiger partial charge in [0.2, 0.25) is 0 Å². The Morgan fingerprint density at radius 1 is 1.30 bits per heavy atom. The van der Waals surface area contributed by atoms with Gasteiger partial charge >= 0.3 is 0 Å². The van der Waals surface area contributed by atoms with Crippen LogP contribution in [0.2, 0.25) is 5.02 Å². The van der Waals surface area contributed by atoms with E-state index < -0.39 is 0 Å². The molecule has 0 saturated carbocycles. The lowest BCUT2D eigenvalue weighted by Gasteiger charge is -2.19. The number of halogens is 4. The quantitative estimate of drug-likeness (QED) is 0.391. The minimum Gasteiger partial charge on any atom is -0.271 e. The predicted molar refractivity (Wildman–Crippen MR) is 92.0 cm³/mol. The summed E-state index contributed by atoms with van der Waals surface area (Å²) < 4.78 is 15.8. The molecule has 106 valence electrons. The summed E-state index contributed by atoms with van der Waals surface area (Å²) in [6.07, 6.45) is 0.418. The molecule has 0 bridgehead atoms. The van der Waals surface area contributed by atoms with Crippen LogP contribution in [0.4, 0.5) is 4.39 Å². The van der Waals surface area contributed by atoms with Crippen LogP contribution in [0, 0.1) is 9.39 Å². The van der Waals surface area contributed by atoms with Gasteiger partial charge in [-0.05, 0) is 76.5 Å². The predicted octanol–water partition coefficient (Wildman–Crippen LogP) is 4.59. The summed E-state index contributed by atoms with van der Waals surface area (Å²) in [6, 6.07) is 10.3. The highest BCUT2D eigenvalue weighted by Gasteiger charge is 2.16.